The van der Waals surface area contributed by atoms with E-state index in [2.05, 4.69) is 10.2 Å². The van der Waals surface area contributed by atoms with Crippen LogP contribution in [0.3, 0.4) is 0 Å². The Morgan fingerprint density at radius 3 is 2.65 bits per heavy atom. The van der Waals surface area contributed by atoms with Crippen LogP contribution in [0.5, 0.6) is 0 Å². The number of nitrogens with one attached hydrogen (secondary N) is 1. The predicted molar refractivity (Wildman–Crippen MR) is 80.2 cm³/mol. The van der Waals surface area contributed by atoms with Crippen LogP contribution in [0.15, 0.2) is 30.5 Å². The molecule has 1 fully saturated rings. The second kappa shape index (κ2) is 5.83. The van der Waals surface area contributed by atoms with Gasteiger partial charge in [-0.15, -0.1) is 0 Å². The standard InChI is InChI=1S/C16H16FN3O3/c1-9-12(16(22)23)6-7-20(9)15(21)13-8-18-19-14(13)10-2-4-11(17)5-3-10/h2-5,8-9,12H,6-7H2,1H3,(H,18,19)(H,22,23). The van der Waals surface area contributed by atoms with Gasteiger partial charge in [-0.25, -0.2) is 4.39 Å². The number of hydrogen-bond donors (Lipinski definition) is 2. The van der Waals surface area contributed by atoms with Gasteiger partial charge < -0.3 is 10.0 Å². The first-order chi connectivity index (χ1) is 11.0. The summed E-state index contributed by atoms with van der Waals surface area (Å²) in [6.07, 6.45) is 1.85. The van der Waals surface area contributed by atoms with Gasteiger partial charge in [0.05, 0.1) is 23.4 Å². The number of carbonyl (C=O) groups excluding carboxylic acids is 1. The van der Waals surface area contributed by atoms with E-state index in [1.165, 1.54) is 18.3 Å². The van der Waals surface area contributed by atoms with E-state index in [1.54, 1.807) is 24.0 Å². The summed E-state index contributed by atoms with van der Waals surface area (Å²) in [5.41, 5.74) is 1.50. The molecule has 0 saturated carbocycles. The first-order valence-electron chi connectivity index (χ1n) is 7.32. The highest BCUT2D eigenvalue weighted by molar-refractivity contribution is 6.00. The minimum atomic E-state index is -0.890. The fourth-order valence-corrected chi connectivity index (χ4v) is 3.00. The Labute approximate surface area is 131 Å². The van der Waals surface area contributed by atoms with Crippen LogP contribution in [-0.2, 0) is 4.79 Å². The number of benzene rings is 1. The van der Waals surface area contributed by atoms with Crippen molar-refractivity contribution in [1.82, 2.24) is 15.1 Å². The lowest BCUT2D eigenvalue weighted by Gasteiger charge is -2.23. The number of aliphatic carboxylic acids is 1. The molecule has 120 valence electrons. The van der Waals surface area contributed by atoms with Crippen molar-refractivity contribution in [2.45, 2.75) is 19.4 Å². The number of aromatic amines is 1. The average molecular weight is 317 g/mol. The normalized spacial score (nSPS) is 20.7. The smallest absolute Gasteiger partial charge is 0.308 e. The van der Waals surface area contributed by atoms with Crippen LogP contribution < -0.4 is 0 Å². The maximum absolute atomic E-state index is 13.0. The first kappa shape index (κ1) is 15.2. The molecule has 7 heteroatoms. The third-order valence-electron chi connectivity index (χ3n) is 4.34. The van der Waals surface area contributed by atoms with Crippen molar-refractivity contribution < 1.29 is 19.1 Å². The number of halogens is 1. The Morgan fingerprint density at radius 2 is 2.04 bits per heavy atom. The molecule has 2 aromatic rings. The molecule has 23 heavy (non-hydrogen) atoms. The maximum atomic E-state index is 13.0. The topological polar surface area (TPSA) is 86.3 Å². The molecule has 1 saturated heterocycles. The van der Waals surface area contributed by atoms with Crippen molar-refractivity contribution in [2.75, 3.05) is 6.54 Å². The fourth-order valence-electron chi connectivity index (χ4n) is 3.00. The second-order valence-electron chi connectivity index (χ2n) is 5.64. The van der Waals surface area contributed by atoms with Crippen LogP contribution >= 0.6 is 0 Å². The Hall–Kier alpha value is -2.70. The summed E-state index contributed by atoms with van der Waals surface area (Å²) < 4.78 is 13.0. The van der Waals surface area contributed by atoms with Crippen molar-refractivity contribution in [3.05, 3.63) is 41.8 Å². The molecule has 2 heterocycles. The van der Waals surface area contributed by atoms with Gasteiger partial charge >= 0.3 is 5.97 Å². The molecule has 0 radical (unpaired) electrons. The number of H-pyrrole nitrogens is 1. The number of carbonyl (C=O) groups is 2. The van der Waals surface area contributed by atoms with Crippen molar-refractivity contribution in [3.8, 4) is 11.3 Å². The van der Waals surface area contributed by atoms with E-state index >= 15 is 0 Å². The van der Waals surface area contributed by atoms with E-state index < -0.39 is 11.9 Å². The van der Waals surface area contributed by atoms with Crippen molar-refractivity contribution in [1.29, 1.82) is 0 Å². The largest absolute Gasteiger partial charge is 0.481 e. The molecule has 1 aromatic carbocycles. The average Bonchev–Trinajstić information content (AvgIpc) is 3.14. The van der Waals surface area contributed by atoms with Gasteiger partial charge in [-0.2, -0.15) is 5.10 Å². The third kappa shape index (κ3) is 2.69. The molecule has 0 aliphatic carbocycles. The third-order valence-corrected chi connectivity index (χ3v) is 4.34. The molecule has 0 bridgehead atoms. The van der Waals surface area contributed by atoms with Gasteiger partial charge in [0, 0.05) is 18.2 Å². The summed E-state index contributed by atoms with van der Waals surface area (Å²) in [6, 6.07) is 5.36. The van der Waals surface area contributed by atoms with E-state index in [9.17, 15) is 19.1 Å². The zero-order valence-corrected chi connectivity index (χ0v) is 12.5. The molecule has 0 spiro atoms. The van der Waals surface area contributed by atoms with Crippen molar-refractivity contribution >= 4 is 11.9 Å². The number of rotatable bonds is 3. The van der Waals surface area contributed by atoms with E-state index in [4.69, 9.17) is 0 Å². The van der Waals surface area contributed by atoms with E-state index in [0.717, 1.165) is 0 Å². The van der Waals surface area contributed by atoms with E-state index in [1.807, 2.05) is 0 Å². The van der Waals surface area contributed by atoms with Crippen LogP contribution in [0.4, 0.5) is 4.39 Å². The number of carboxylic acids is 1. The van der Waals surface area contributed by atoms with Crippen LogP contribution in [0, 0.1) is 11.7 Å². The van der Waals surface area contributed by atoms with E-state index in [0.29, 0.717) is 29.8 Å². The number of nitrogens with zero attached hydrogens (tertiary/aromatic N) is 2. The summed E-state index contributed by atoms with van der Waals surface area (Å²) >= 11 is 0. The van der Waals surface area contributed by atoms with Crippen LogP contribution in [0.25, 0.3) is 11.3 Å². The summed E-state index contributed by atoms with van der Waals surface area (Å²) in [7, 11) is 0. The zero-order valence-electron chi connectivity index (χ0n) is 12.5. The lowest BCUT2D eigenvalue weighted by atomic mass is 10.0. The van der Waals surface area contributed by atoms with Gasteiger partial charge in [-0.3, -0.25) is 14.7 Å². The SMILES string of the molecule is CC1C(C(=O)O)CCN1C(=O)c1cn[nH]c1-c1ccc(F)cc1. The van der Waals surface area contributed by atoms with Crippen LogP contribution in [0.2, 0.25) is 0 Å². The highest BCUT2D eigenvalue weighted by Gasteiger charge is 2.39. The summed E-state index contributed by atoms with van der Waals surface area (Å²) in [4.78, 5) is 25.5. The Bertz CT molecular complexity index is 741. The quantitative estimate of drug-likeness (QED) is 0.908. The first-order valence-corrected chi connectivity index (χ1v) is 7.32. The highest BCUT2D eigenvalue weighted by atomic mass is 19.1. The Kier molecular flexibility index (Phi) is 3.85. The fraction of sp³-hybridized carbons (Fsp3) is 0.312. The van der Waals surface area contributed by atoms with Gasteiger partial charge in [0.15, 0.2) is 0 Å². The number of amides is 1. The molecule has 2 atom stereocenters. The molecule has 2 unspecified atom stereocenters. The molecule has 6 nitrogen and oxygen atoms in total. The molecule has 1 amide bonds. The minimum absolute atomic E-state index is 0.269. The molecule has 1 aliphatic heterocycles. The summed E-state index contributed by atoms with van der Waals surface area (Å²) in [5, 5.41) is 15.8. The lowest BCUT2D eigenvalue weighted by Crippen LogP contribution is -2.37. The number of aromatic nitrogens is 2. The number of hydrogen-bond acceptors (Lipinski definition) is 3. The predicted octanol–water partition coefficient (Wildman–Crippen LogP) is 2.15. The molecular weight excluding hydrogens is 301 g/mol. The van der Waals surface area contributed by atoms with E-state index in [-0.39, 0.29) is 17.8 Å². The van der Waals surface area contributed by atoms with Gasteiger partial charge in [0.1, 0.15) is 5.82 Å². The van der Waals surface area contributed by atoms with Gasteiger partial charge in [0.25, 0.3) is 5.91 Å². The maximum Gasteiger partial charge on any atom is 0.308 e. The zero-order chi connectivity index (χ0) is 16.6. The lowest BCUT2D eigenvalue weighted by molar-refractivity contribution is -0.142. The van der Waals surface area contributed by atoms with Gasteiger partial charge in [-0.05, 0) is 37.6 Å². The molecule has 2 N–H and O–H groups in total. The monoisotopic (exact) mass is 317 g/mol. The Morgan fingerprint density at radius 1 is 1.35 bits per heavy atom. The number of carboxylic acid groups (broad SMARTS) is 1. The highest BCUT2D eigenvalue weighted by Crippen LogP contribution is 2.29. The van der Waals surface area contributed by atoms with Crippen LogP contribution in [0.1, 0.15) is 23.7 Å². The number of likely N-dealkylation sites (tertiary alicyclic amines) is 1. The van der Waals surface area contributed by atoms with Gasteiger partial charge in [-0.1, -0.05) is 0 Å². The van der Waals surface area contributed by atoms with Crippen molar-refractivity contribution in [3.63, 3.8) is 0 Å². The minimum Gasteiger partial charge on any atom is -0.481 e. The second-order valence-corrected chi connectivity index (χ2v) is 5.64. The van der Waals surface area contributed by atoms with Crippen LogP contribution in [-0.4, -0.2) is 44.7 Å². The summed E-state index contributed by atoms with van der Waals surface area (Å²) in [6.45, 7) is 2.13. The molecular formula is C16H16FN3O3. The Balaban J connectivity index is 1.89. The molecule has 1 aromatic heterocycles. The summed E-state index contributed by atoms with van der Waals surface area (Å²) in [5.74, 6) is -2.08. The van der Waals surface area contributed by atoms with Crippen molar-refractivity contribution in [2.24, 2.45) is 5.92 Å². The van der Waals surface area contributed by atoms with Gasteiger partial charge in [0.2, 0.25) is 0 Å². The molecule has 3 rings (SSSR count). The molecule has 1 aliphatic rings.